The lowest BCUT2D eigenvalue weighted by molar-refractivity contribution is 0.205. The zero-order chi connectivity index (χ0) is 19.2. The van der Waals surface area contributed by atoms with Gasteiger partial charge < -0.3 is 20.4 Å². The largest absolute Gasteiger partial charge is 0.323 e. The van der Waals surface area contributed by atoms with Crippen LogP contribution in [0.5, 0.6) is 0 Å². The molecule has 1 aliphatic rings. The zero-order valence-electron chi connectivity index (χ0n) is 14.6. The van der Waals surface area contributed by atoms with Gasteiger partial charge >= 0.3 is 12.1 Å². The molecule has 1 heterocycles. The summed E-state index contributed by atoms with van der Waals surface area (Å²) < 4.78 is 26.5. The Labute approximate surface area is 155 Å². The van der Waals surface area contributed by atoms with Crippen LogP contribution in [-0.2, 0) is 0 Å². The number of hydrogen-bond acceptors (Lipinski definition) is 2. The molecule has 2 N–H and O–H groups in total. The topological polar surface area (TPSA) is 64.7 Å². The van der Waals surface area contributed by atoms with Crippen molar-refractivity contribution in [2.75, 3.05) is 36.8 Å². The number of nitrogens with zero attached hydrogens (tertiary/aromatic N) is 2. The van der Waals surface area contributed by atoms with Gasteiger partial charge in [-0.05, 0) is 42.8 Å². The predicted molar refractivity (Wildman–Crippen MR) is 98.6 cm³/mol. The van der Waals surface area contributed by atoms with Crippen molar-refractivity contribution in [2.45, 2.75) is 6.42 Å². The number of nitrogens with one attached hydrogen (secondary N) is 2. The van der Waals surface area contributed by atoms with Crippen LogP contribution in [0.15, 0.2) is 48.5 Å². The van der Waals surface area contributed by atoms with E-state index in [9.17, 15) is 18.4 Å². The van der Waals surface area contributed by atoms with Crippen molar-refractivity contribution in [1.29, 1.82) is 0 Å². The number of carbonyl (C=O) groups is 2. The first-order valence-electron chi connectivity index (χ1n) is 8.64. The highest BCUT2D eigenvalue weighted by atomic mass is 19.1. The second kappa shape index (κ2) is 8.48. The van der Waals surface area contributed by atoms with E-state index in [0.29, 0.717) is 44.0 Å². The van der Waals surface area contributed by atoms with E-state index in [2.05, 4.69) is 10.6 Å². The number of halogens is 2. The molecule has 1 saturated heterocycles. The van der Waals surface area contributed by atoms with Gasteiger partial charge in [0.15, 0.2) is 0 Å². The second-order valence-corrected chi connectivity index (χ2v) is 6.21. The fourth-order valence-corrected chi connectivity index (χ4v) is 2.86. The maximum absolute atomic E-state index is 13.2. The highest BCUT2D eigenvalue weighted by Crippen LogP contribution is 2.13. The summed E-state index contributed by atoms with van der Waals surface area (Å²) in [4.78, 5) is 27.9. The van der Waals surface area contributed by atoms with Crippen molar-refractivity contribution in [3.05, 3.63) is 60.2 Å². The average Bonchev–Trinajstić information content (AvgIpc) is 2.88. The zero-order valence-corrected chi connectivity index (χ0v) is 14.6. The molecule has 2 aromatic rings. The average molecular weight is 374 g/mol. The number of benzene rings is 2. The van der Waals surface area contributed by atoms with Gasteiger partial charge in [-0.3, -0.25) is 0 Å². The van der Waals surface area contributed by atoms with Crippen LogP contribution in [0.2, 0.25) is 0 Å². The maximum atomic E-state index is 13.2. The third-order valence-corrected chi connectivity index (χ3v) is 4.22. The number of hydrogen-bond donors (Lipinski definition) is 2. The summed E-state index contributed by atoms with van der Waals surface area (Å²) in [6.07, 6.45) is 0.604. The smallest absolute Gasteiger partial charge is 0.321 e. The molecule has 27 heavy (non-hydrogen) atoms. The Bertz CT molecular complexity index is 763. The third-order valence-electron chi connectivity index (χ3n) is 4.22. The van der Waals surface area contributed by atoms with Crippen LogP contribution < -0.4 is 10.6 Å². The Morgan fingerprint density at radius 3 is 1.59 bits per heavy atom. The van der Waals surface area contributed by atoms with Crippen molar-refractivity contribution in [2.24, 2.45) is 0 Å². The number of anilines is 2. The molecule has 3 rings (SSSR count). The minimum Gasteiger partial charge on any atom is -0.323 e. The van der Waals surface area contributed by atoms with E-state index in [-0.39, 0.29) is 12.1 Å². The van der Waals surface area contributed by atoms with Gasteiger partial charge in [0, 0.05) is 37.6 Å². The molecular weight excluding hydrogens is 354 g/mol. The van der Waals surface area contributed by atoms with Gasteiger partial charge in [0.1, 0.15) is 11.6 Å². The number of urea groups is 2. The Balaban J connectivity index is 1.55. The number of rotatable bonds is 2. The molecule has 0 atom stereocenters. The van der Waals surface area contributed by atoms with Gasteiger partial charge in [-0.25, -0.2) is 18.4 Å². The first-order valence-corrected chi connectivity index (χ1v) is 8.64. The quantitative estimate of drug-likeness (QED) is 0.841. The summed E-state index contributed by atoms with van der Waals surface area (Å²) in [5.74, 6) is -0.854. The Kier molecular flexibility index (Phi) is 5.85. The van der Waals surface area contributed by atoms with Gasteiger partial charge in [0.2, 0.25) is 0 Å². The molecule has 1 fully saturated rings. The Hall–Kier alpha value is -3.16. The number of carbonyl (C=O) groups excluding carboxylic acids is 2. The standard InChI is InChI=1S/C19H20F2N4O2/c20-14-4-1-6-16(12-14)22-18(26)24-8-3-9-25(11-10-24)19(27)23-17-7-2-5-15(21)13-17/h1-2,4-7,12-13H,3,8-11H2,(H,22,26)(H,23,27). The van der Waals surface area contributed by atoms with E-state index in [1.165, 1.54) is 36.4 Å². The lowest BCUT2D eigenvalue weighted by Gasteiger charge is -2.22. The molecule has 8 heteroatoms. The molecule has 0 spiro atoms. The van der Waals surface area contributed by atoms with E-state index >= 15 is 0 Å². The van der Waals surface area contributed by atoms with E-state index in [4.69, 9.17) is 0 Å². The van der Waals surface area contributed by atoms with Gasteiger partial charge in [0.05, 0.1) is 0 Å². The van der Waals surface area contributed by atoms with Crippen LogP contribution in [0.4, 0.5) is 29.7 Å². The van der Waals surface area contributed by atoms with Crippen molar-refractivity contribution in [1.82, 2.24) is 9.80 Å². The predicted octanol–water partition coefficient (Wildman–Crippen LogP) is 3.74. The van der Waals surface area contributed by atoms with Crippen LogP contribution in [-0.4, -0.2) is 48.0 Å². The molecule has 0 unspecified atom stereocenters. The summed E-state index contributed by atoms with van der Waals surface area (Å²) in [6.45, 7) is 1.64. The molecule has 0 aromatic heterocycles. The first kappa shape index (κ1) is 18.6. The summed E-state index contributed by atoms with van der Waals surface area (Å²) in [5.41, 5.74) is 0.759. The van der Waals surface area contributed by atoms with Gasteiger partial charge in [-0.15, -0.1) is 0 Å². The lowest BCUT2D eigenvalue weighted by Crippen LogP contribution is -2.40. The SMILES string of the molecule is O=C(Nc1cccc(F)c1)N1CCCN(C(=O)Nc2cccc(F)c2)CC1. The third kappa shape index (κ3) is 5.16. The van der Waals surface area contributed by atoms with Crippen LogP contribution in [0.3, 0.4) is 0 Å². The molecule has 6 nitrogen and oxygen atoms in total. The van der Waals surface area contributed by atoms with Gasteiger partial charge in [-0.2, -0.15) is 0 Å². The normalized spacial score (nSPS) is 14.4. The van der Waals surface area contributed by atoms with Crippen LogP contribution >= 0.6 is 0 Å². The molecule has 0 saturated carbocycles. The van der Waals surface area contributed by atoms with Crippen LogP contribution in [0.1, 0.15) is 6.42 Å². The van der Waals surface area contributed by atoms with Crippen molar-refractivity contribution >= 4 is 23.4 Å². The van der Waals surface area contributed by atoms with Gasteiger partial charge in [-0.1, -0.05) is 12.1 Å². The molecule has 0 aliphatic carbocycles. The maximum Gasteiger partial charge on any atom is 0.321 e. The lowest BCUT2D eigenvalue weighted by atomic mass is 10.3. The van der Waals surface area contributed by atoms with Crippen molar-refractivity contribution in [3.63, 3.8) is 0 Å². The second-order valence-electron chi connectivity index (χ2n) is 6.21. The molecule has 2 aromatic carbocycles. The fraction of sp³-hybridized carbons (Fsp3) is 0.263. The van der Waals surface area contributed by atoms with E-state index in [1.54, 1.807) is 21.9 Å². The van der Waals surface area contributed by atoms with Crippen molar-refractivity contribution in [3.8, 4) is 0 Å². The molecule has 1 aliphatic heterocycles. The minimum absolute atomic E-state index is 0.340. The summed E-state index contributed by atoms with van der Waals surface area (Å²) in [6, 6.07) is 10.7. The van der Waals surface area contributed by atoms with Crippen LogP contribution in [0, 0.1) is 11.6 Å². The Morgan fingerprint density at radius 1 is 0.741 bits per heavy atom. The molecule has 0 bridgehead atoms. The summed E-state index contributed by atoms with van der Waals surface area (Å²) in [5, 5.41) is 5.31. The van der Waals surface area contributed by atoms with Crippen molar-refractivity contribution < 1.29 is 18.4 Å². The summed E-state index contributed by atoms with van der Waals surface area (Å²) in [7, 11) is 0. The molecule has 4 amide bonds. The first-order chi connectivity index (χ1) is 13.0. The van der Waals surface area contributed by atoms with E-state index in [1.807, 2.05) is 0 Å². The van der Waals surface area contributed by atoms with E-state index < -0.39 is 11.6 Å². The summed E-state index contributed by atoms with van der Waals surface area (Å²) >= 11 is 0. The fourth-order valence-electron chi connectivity index (χ4n) is 2.86. The highest BCUT2D eigenvalue weighted by molar-refractivity contribution is 5.90. The van der Waals surface area contributed by atoms with Crippen LogP contribution in [0.25, 0.3) is 0 Å². The minimum atomic E-state index is -0.427. The molecule has 0 radical (unpaired) electrons. The number of amides is 4. The molecule has 142 valence electrons. The monoisotopic (exact) mass is 374 g/mol. The molecular formula is C19H20F2N4O2. The van der Waals surface area contributed by atoms with E-state index in [0.717, 1.165) is 0 Å². The van der Waals surface area contributed by atoms with Gasteiger partial charge in [0.25, 0.3) is 0 Å². The Morgan fingerprint density at radius 2 is 1.19 bits per heavy atom. The highest BCUT2D eigenvalue weighted by Gasteiger charge is 2.22.